The molecule has 0 aliphatic heterocycles. The molecule has 92 valence electrons. The standard InChI is InChI=1S/C13H18N2S2/c1-4-17-13-7-5-6-12(11(13)8-14)15-9-10(2)16-3/h5-7,10,15H,4,9H2,1-3H3. The molecule has 0 spiro atoms. The molecule has 0 saturated heterocycles. The Hall–Kier alpha value is -0.790. The monoisotopic (exact) mass is 266 g/mol. The molecule has 0 bridgehead atoms. The minimum Gasteiger partial charge on any atom is -0.383 e. The van der Waals surface area contributed by atoms with Gasteiger partial charge in [0.2, 0.25) is 0 Å². The molecule has 0 aliphatic rings. The molecule has 1 N–H and O–H groups in total. The lowest BCUT2D eigenvalue weighted by molar-refractivity contribution is 1.00. The SMILES string of the molecule is CCSc1cccc(NCC(C)SC)c1C#N. The smallest absolute Gasteiger partial charge is 0.102 e. The van der Waals surface area contributed by atoms with Crippen LogP contribution in [0.25, 0.3) is 0 Å². The molecule has 2 nitrogen and oxygen atoms in total. The summed E-state index contributed by atoms with van der Waals surface area (Å²) in [5.41, 5.74) is 1.72. The van der Waals surface area contributed by atoms with Gasteiger partial charge in [-0.15, -0.1) is 11.8 Å². The van der Waals surface area contributed by atoms with Gasteiger partial charge in [0, 0.05) is 16.7 Å². The molecule has 0 fully saturated rings. The fourth-order valence-corrected chi connectivity index (χ4v) is 2.44. The summed E-state index contributed by atoms with van der Waals surface area (Å²) in [7, 11) is 0. The van der Waals surface area contributed by atoms with Crippen LogP contribution in [0.15, 0.2) is 23.1 Å². The molecule has 17 heavy (non-hydrogen) atoms. The molecule has 0 saturated carbocycles. The van der Waals surface area contributed by atoms with Crippen LogP contribution in [0.5, 0.6) is 0 Å². The van der Waals surface area contributed by atoms with Crippen molar-refractivity contribution in [2.75, 3.05) is 23.9 Å². The van der Waals surface area contributed by atoms with E-state index in [0.717, 1.165) is 28.4 Å². The number of nitrogens with zero attached hydrogens (tertiary/aromatic N) is 1. The minimum absolute atomic E-state index is 0.545. The zero-order valence-electron chi connectivity index (χ0n) is 10.5. The van der Waals surface area contributed by atoms with Crippen LogP contribution in [0, 0.1) is 11.3 Å². The van der Waals surface area contributed by atoms with Crippen LogP contribution in [-0.4, -0.2) is 23.8 Å². The topological polar surface area (TPSA) is 35.8 Å². The zero-order valence-corrected chi connectivity index (χ0v) is 12.1. The minimum atomic E-state index is 0.545. The van der Waals surface area contributed by atoms with E-state index in [1.807, 2.05) is 30.0 Å². The molecule has 0 aliphatic carbocycles. The fourth-order valence-electron chi connectivity index (χ4n) is 1.41. The van der Waals surface area contributed by atoms with Gasteiger partial charge in [0.05, 0.1) is 11.3 Å². The number of benzene rings is 1. The van der Waals surface area contributed by atoms with E-state index in [0.29, 0.717) is 5.25 Å². The molecule has 1 unspecified atom stereocenters. The Morgan fingerprint density at radius 2 is 2.24 bits per heavy atom. The van der Waals surface area contributed by atoms with Crippen molar-refractivity contribution in [1.82, 2.24) is 0 Å². The maximum absolute atomic E-state index is 9.24. The molecule has 4 heteroatoms. The largest absolute Gasteiger partial charge is 0.383 e. The van der Waals surface area contributed by atoms with Gasteiger partial charge in [-0.1, -0.05) is 19.9 Å². The quantitative estimate of drug-likeness (QED) is 0.794. The normalized spacial score (nSPS) is 11.9. The highest BCUT2D eigenvalue weighted by Gasteiger charge is 2.08. The molecule has 1 rings (SSSR count). The van der Waals surface area contributed by atoms with E-state index in [2.05, 4.69) is 31.5 Å². The predicted molar refractivity (Wildman–Crippen MR) is 79.0 cm³/mol. The average Bonchev–Trinajstić information content (AvgIpc) is 2.36. The van der Waals surface area contributed by atoms with Crippen molar-refractivity contribution < 1.29 is 0 Å². The van der Waals surface area contributed by atoms with Crippen LogP contribution in [-0.2, 0) is 0 Å². The molecule has 0 heterocycles. The van der Waals surface area contributed by atoms with Crippen molar-refractivity contribution in [1.29, 1.82) is 5.26 Å². The van der Waals surface area contributed by atoms with Gasteiger partial charge in [-0.05, 0) is 24.1 Å². The van der Waals surface area contributed by atoms with Crippen molar-refractivity contribution in [3.05, 3.63) is 23.8 Å². The highest BCUT2D eigenvalue weighted by Crippen LogP contribution is 2.27. The Bertz CT molecular complexity index is 399. The van der Waals surface area contributed by atoms with Gasteiger partial charge in [0.15, 0.2) is 0 Å². The van der Waals surface area contributed by atoms with Crippen LogP contribution < -0.4 is 5.32 Å². The maximum atomic E-state index is 9.24. The van der Waals surface area contributed by atoms with Crippen molar-refractivity contribution >= 4 is 29.2 Å². The second kappa shape index (κ2) is 7.52. The lowest BCUT2D eigenvalue weighted by atomic mass is 10.2. The van der Waals surface area contributed by atoms with Gasteiger partial charge in [-0.3, -0.25) is 0 Å². The second-order valence-electron chi connectivity index (χ2n) is 3.65. The first kappa shape index (κ1) is 14.3. The number of nitriles is 1. The Kier molecular flexibility index (Phi) is 6.31. The fraction of sp³-hybridized carbons (Fsp3) is 0.462. The van der Waals surface area contributed by atoms with E-state index in [9.17, 15) is 5.26 Å². The molecule has 0 aromatic heterocycles. The molecular formula is C13H18N2S2. The van der Waals surface area contributed by atoms with Crippen molar-refractivity contribution in [2.45, 2.75) is 24.0 Å². The number of anilines is 1. The van der Waals surface area contributed by atoms with Gasteiger partial charge in [-0.25, -0.2) is 0 Å². The summed E-state index contributed by atoms with van der Waals surface area (Å²) in [5, 5.41) is 13.1. The molecule has 1 aromatic rings. The van der Waals surface area contributed by atoms with E-state index in [1.54, 1.807) is 11.8 Å². The summed E-state index contributed by atoms with van der Waals surface area (Å²) < 4.78 is 0. The lowest BCUT2D eigenvalue weighted by Crippen LogP contribution is -2.13. The molecule has 1 atom stereocenters. The summed E-state index contributed by atoms with van der Waals surface area (Å²) in [6, 6.07) is 8.29. The van der Waals surface area contributed by atoms with E-state index in [1.165, 1.54) is 0 Å². The summed E-state index contributed by atoms with van der Waals surface area (Å²) in [5.74, 6) is 0.985. The highest BCUT2D eigenvalue weighted by atomic mass is 32.2. The van der Waals surface area contributed by atoms with Crippen LogP contribution in [0.4, 0.5) is 5.69 Å². The summed E-state index contributed by atoms with van der Waals surface area (Å²) in [4.78, 5) is 1.07. The number of nitrogens with one attached hydrogen (secondary N) is 1. The van der Waals surface area contributed by atoms with Crippen molar-refractivity contribution in [3.8, 4) is 6.07 Å². The molecule has 0 amide bonds. The predicted octanol–water partition coefficient (Wildman–Crippen LogP) is 3.83. The molecule has 0 radical (unpaired) electrons. The van der Waals surface area contributed by atoms with Crippen LogP contribution in [0.1, 0.15) is 19.4 Å². The van der Waals surface area contributed by atoms with Gasteiger partial charge in [-0.2, -0.15) is 17.0 Å². The zero-order chi connectivity index (χ0) is 12.7. The molecular weight excluding hydrogens is 248 g/mol. The van der Waals surface area contributed by atoms with E-state index < -0.39 is 0 Å². The number of thioether (sulfide) groups is 2. The number of hydrogen-bond donors (Lipinski definition) is 1. The van der Waals surface area contributed by atoms with Crippen LogP contribution in [0.2, 0.25) is 0 Å². The maximum Gasteiger partial charge on any atom is 0.102 e. The highest BCUT2D eigenvalue weighted by molar-refractivity contribution is 7.99. The third-order valence-corrected chi connectivity index (χ3v) is 4.33. The summed E-state index contributed by atoms with van der Waals surface area (Å²) in [6.07, 6.45) is 2.10. The second-order valence-corrected chi connectivity index (χ2v) is 6.23. The summed E-state index contributed by atoms with van der Waals surface area (Å²) >= 11 is 3.53. The van der Waals surface area contributed by atoms with Gasteiger partial charge < -0.3 is 5.32 Å². The Morgan fingerprint density at radius 1 is 1.47 bits per heavy atom. The van der Waals surface area contributed by atoms with Crippen molar-refractivity contribution in [2.24, 2.45) is 0 Å². The third-order valence-electron chi connectivity index (χ3n) is 2.42. The Balaban J connectivity index is 2.84. The van der Waals surface area contributed by atoms with E-state index >= 15 is 0 Å². The Morgan fingerprint density at radius 3 is 2.82 bits per heavy atom. The third kappa shape index (κ3) is 4.18. The van der Waals surface area contributed by atoms with E-state index in [-0.39, 0.29) is 0 Å². The van der Waals surface area contributed by atoms with Crippen LogP contribution >= 0.6 is 23.5 Å². The van der Waals surface area contributed by atoms with Gasteiger partial charge >= 0.3 is 0 Å². The lowest BCUT2D eigenvalue weighted by Gasteiger charge is -2.13. The van der Waals surface area contributed by atoms with Gasteiger partial charge in [0.1, 0.15) is 6.07 Å². The van der Waals surface area contributed by atoms with Gasteiger partial charge in [0.25, 0.3) is 0 Å². The molecule has 1 aromatic carbocycles. The first-order valence-electron chi connectivity index (χ1n) is 5.65. The average molecular weight is 266 g/mol. The first-order valence-corrected chi connectivity index (χ1v) is 7.92. The van der Waals surface area contributed by atoms with Crippen LogP contribution in [0.3, 0.4) is 0 Å². The summed E-state index contributed by atoms with van der Waals surface area (Å²) in [6.45, 7) is 5.16. The number of rotatable bonds is 6. The van der Waals surface area contributed by atoms with E-state index in [4.69, 9.17) is 0 Å². The first-order chi connectivity index (χ1) is 8.22. The number of hydrogen-bond acceptors (Lipinski definition) is 4. The Labute approximate surface area is 112 Å². The van der Waals surface area contributed by atoms with Crippen molar-refractivity contribution in [3.63, 3.8) is 0 Å².